The summed E-state index contributed by atoms with van der Waals surface area (Å²) in [7, 11) is 0. The van der Waals surface area contributed by atoms with E-state index >= 15 is 0 Å². The van der Waals surface area contributed by atoms with Gasteiger partial charge in [-0.1, -0.05) is 27.9 Å². The highest BCUT2D eigenvalue weighted by Crippen LogP contribution is 2.26. The lowest BCUT2D eigenvalue weighted by Gasteiger charge is -2.07. The van der Waals surface area contributed by atoms with Crippen molar-refractivity contribution in [2.45, 2.75) is 19.3 Å². The standard InChI is InChI=1S/C21H16N8S/c1-2-13-6-9-17(10-15(13)3-1)29-20-18(25-27-29)11-22-21(24-20)23-16-7-4-14(5-8-16)19-12-30-28-26-19/h4-12H,1-3H2,(H,22,23,24). The summed E-state index contributed by atoms with van der Waals surface area (Å²) in [6.07, 6.45) is 5.17. The number of hydrogen-bond acceptors (Lipinski definition) is 8. The lowest BCUT2D eigenvalue weighted by Crippen LogP contribution is -2.02. The van der Waals surface area contributed by atoms with Gasteiger partial charge in [-0.05, 0) is 66.2 Å². The summed E-state index contributed by atoms with van der Waals surface area (Å²) in [5, 5.41) is 17.8. The van der Waals surface area contributed by atoms with Crippen LogP contribution in [0.15, 0.2) is 54.0 Å². The Morgan fingerprint density at radius 3 is 2.73 bits per heavy atom. The van der Waals surface area contributed by atoms with Crippen molar-refractivity contribution in [3.63, 3.8) is 0 Å². The largest absolute Gasteiger partial charge is 0.324 e. The molecule has 0 bridgehead atoms. The zero-order chi connectivity index (χ0) is 19.9. The van der Waals surface area contributed by atoms with Gasteiger partial charge in [0.05, 0.1) is 11.9 Å². The van der Waals surface area contributed by atoms with Gasteiger partial charge in [0.15, 0.2) is 11.2 Å². The Morgan fingerprint density at radius 1 is 0.967 bits per heavy atom. The molecular weight excluding hydrogens is 396 g/mol. The fourth-order valence-electron chi connectivity index (χ4n) is 3.80. The molecule has 6 rings (SSSR count). The summed E-state index contributed by atoms with van der Waals surface area (Å²) >= 11 is 1.34. The summed E-state index contributed by atoms with van der Waals surface area (Å²) in [5.74, 6) is 0.496. The van der Waals surface area contributed by atoms with E-state index in [2.05, 4.69) is 53.4 Å². The topological polar surface area (TPSA) is 94.3 Å². The molecule has 0 spiro atoms. The van der Waals surface area contributed by atoms with E-state index in [-0.39, 0.29) is 0 Å². The number of anilines is 2. The van der Waals surface area contributed by atoms with Crippen LogP contribution in [-0.4, -0.2) is 34.5 Å². The van der Waals surface area contributed by atoms with Gasteiger partial charge in [-0.15, -0.1) is 10.2 Å². The van der Waals surface area contributed by atoms with Crippen LogP contribution in [0.2, 0.25) is 0 Å². The summed E-state index contributed by atoms with van der Waals surface area (Å²) in [4.78, 5) is 9.05. The molecule has 8 nitrogen and oxygen atoms in total. The fourth-order valence-corrected chi connectivity index (χ4v) is 4.26. The van der Waals surface area contributed by atoms with Gasteiger partial charge in [-0.3, -0.25) is 0 Å². The van der Waals surface area contributed by atoms with Gasteiger partial charge >= 0.3 is 0 Å². The molecule has 2 aromatic carbocycles. The number of aryl methyl sites for hydroxylation is 2. The smallest absolute Gasteiger partial charge is 0.229 e. The molecule has 0 saturated carbocycles. The molecular formula is C21H16N8S. The van der Waals surface area contributed by atoms with Crippen LogP contribution in [0.3, 0.4) is 0 Å². The first-order valence-electron chi connectivity index (χ1n) is 9.69. The van der Waals surface area contributed by atoms with Crippen LogP contribution in [-0.2, 0) is 12.8 Å². The lowest BCUT2D eigenvalue weighted by molar-refractivity contribution is 0.816. The molecule has 3 heterocycles. The Labute approximate surface area is 175 Å². The Hall–Kier alpha value is -3.72. The van der Waals surface area contributed by atoms with Crippen molar-refractivity contribution in [2.75, 3.05) is 5.32 Å². The third-order valence-electron chi connectivity index (χ3n) is 5.32. The van der Waals surface area contributed by atoms with Crippen molar-refractivity contribution in [2.24, 2.45) is 0 Å². The van der Waals surface area contributed by atoms with Crippen LogP contribution in [0, 0.1) is 0 Å². The minimum absolute atomic E-state index is 0.496. The summed E-state index contributed by atoms with van der Waals surface area (Å²) < 4.78 is 5.68. The quantitative estimate of drug-likeness (QED) is 0.477. The van der Waals surface area contributed by atoms with E-state index < -0.39 is 0 Å². The second-order valence-electron chi connectivity index (χ2n) is 7.20. The predicted molar refractivity (Wildman–Crippen MR) is 115 cm³/mol. The van der Waals surface area contributed by atoms with Crippen molar-refractivity contribution in [1.82, 2.24) is 34.5 Å². The molecule has 1 aliphatic carbocycles. The van der Waals surface area contributed by atoms with E-state index in [9.17, 15) is 0 Å². The first-order chi connectivity index (χ1) is 14.8. The van der Waals surface area contributed by atoms with Gasteiger partial charge in [0.1, 0.15) is 5.69 Å². The van der Waals surface area contributed by atoms with Crippen molar-refractivity contribution in [1.29, 1.82) is 0 Å². The molecule has 0 aliphatic heterocycles. The summed E-state index contributed by atoms with van der Waals surface area (Å²) in [5.41, 5.74) is 7.90. The van der Waals surface area contributed by atoms with Gasteiger partial charge in [0.2, 0.25) is 5.95 Å². The maximum Gasteiger partial charge on any atom is 0.229 e. The Bertz CT molecular complexity index is 1340. The maximum absolute atomic E-state index is 4.67. The zero-order valence-corrected chi connectivity index (χ0v) is 16.7. The maximum atomic E-state index is 4.67. The molecule has 3 aromatic heterocycles. The first kappa shape index (κ1) is 17.2. The third kappa shape index (κ3) is 3.00. The average Bonchev–Trinajstić information content (AvgIpc) is 3.54. The number of nitrogens with zero attached hydrogens (tertiary/aromatic N) is 7. The fraction of sp³-hybridized carbons (Fsp3) is 0.143. The molecule has 5 aromatic rings. The van der Waals surface area contributed by atoms with Crippen LogP contribution in [0.25, 0.3) is 28.1 Å². The summed E-state index contributed by atoms with van der Waals surface area (Å²) in [6.45, 7) is 0. The highest BCUT2D eigenvalue weighted by molar-refractivity contribution is 7.03. The highest BCUT2D eigenvalue weighted by Gasteiger charge is 2.15. The van der Waals surface area contributed by atoms with Crippen molar-refractivity contribution in [3.8, 4) is 16.9 Å². The van der Waals surface area contributed by atoms with Crippen LogP contribution in [0.4, 0.5) is 11.6 Å². The second-order valence-corrected chi connectivity index (χ2v) is 7.81. The molecule has 1 N–H and O–H groups in total. The minimum atomic E-state index is 0.496. The molecule has 0 unspecified atom stereocenters. The number of hydrogen-bond donors (Lipinski definition) is 1. The molecule has 0 atom stereocenters. The predicted octanol–water partition coefficient (Wildman–Crippen LogP) is 3.96. The van der Waals surface area contributed by atoms with Gasteiger partial charge in [0.25, 0.3) is 0 Å². The monoisotopic (exact) mass is 412 g/mol. The van der Waals surface area contributed by atoms with Crippen molar-refractivity contribution in [3.05, 3.63) is 65.2 Å². The average molecular weight is 412 g/mol. The van der Waals surface area contributed by atoms with E-state index in [0.717, 1.165) is 35.5 Å². The van der Waals surface area contributed by atoms with E-state index in [0.29, 0.717) is 17.1 Å². The van der Waals surface area contributed by atoms with Gasteiger partial charge in [0, 0.05) is 16.6 Å². The zero-order valence-electron chi connectivity index (χ0n) is 15.9. The van der Waals surface area contributed by atoms with E-state index in [1.165, 1.54) is 29.1 Å². The molecule has 0 fully saturated rings. The highest BCUT2D eigenvalue weighted by atomic mass is 32.1. The number of nitrogens with one attached hydrogen (secondary N) is 1. The normalized spacial score (nSPS) is 12.9. The van der Waals surface area contributed by atoms with Gasteiger partial charge < -0.3 is 5.32 Å². The molecule has 0 amide bonds. The van der Waals surface area contributed by atoms with Crippen LogP contribution in [0.5, 0.6) is 0 Å². The molecule has 30 heavy (non-hydrogen) atoms. The molecule has 0 radical (unpaired) electrons. The van der Waals surface area contributed by atoms with E-state index in [1.807, 2.05) is 29.6 Å². The number of fused-ring (bicyclic) bond motifs is 2. The third-order valence-corrected chi connectivity index (χ3v) is 5.82. The Morgan fingerprint density at radius 2 is 1.87 bits per heavy atom. The Balaban J connectivity index is 1.31. The number of benzene rings is 2. The number of aromatic nitrogens is 7. The van der Waals surface area contributed by atoms with Gasteiger partial charge in [-0.2, -0.15) is 9.67 Å². The van der Waals surface area contributed by atoms with Crippen molar-refractivity contribution < 1.29 is 0 Å². The first-order valence-corrected chi connectivity index (χ1v) is 10.5. The van der Waals surface area contributed by atoms with Gasteiger partial charge in [-0.25, -0.2) is 4.98 Å². The van der Waals surface area contributed by atoms with Crippen molar-refractivity contribution >= 4 is 34.3 Å². The summed E-state index contributed by atoms with van der Waals surface area (Å²) in [6, 6.07) is 14.4. The van der Waals surface area contributed by atoms with Crippen LogP contribution >= 0.6 is 11.5 Å². The van der Waals surface area contributed by atoms with Crippen LogP contribution in [0.1, 0.15) is 17.5 Å². The lowest BCUT2D eigenvalue weighted by atomic mass is 10.1. The van der Waals surface area contributed by atoms with Crippen LogP contribution < -0.4 is 5.32 Å². The SMILES string of the molecule is c1cc(-c2csnn2)ccc1Nc1ncc2nnn(-c3ccc4c(c3)CCC4)c2n1. The molecule has 9 heteroatoms. The van der Waals surface area contributed by atoms with E-state index in [4.69, 9.17) is 0 Å². The molecule has 0 saturated heterocycles. The molecule has 146 valence electrons. The number of rotatable bonds is 4. The second kappa shape index (κ2) is 6.96. The molecule has 1 aliphatic rings. The Kier molecular flexibility index (Phi) is 3.98. The minimum Gasteiger partial charge on any atom is -0.324 e. The van der Waals surface area contributed by atoms with E-state index in [1.54, 1.807) is 10.9 Å².